The number of amides is 1. The summed E-state index contributed by atoms with van der Waals surface area (Å²) in [5, 5.41) is 17.1. The van der Waals surface area contributed by atoms with Crippen molar-refractivity contribution in [2.24, 2.45) is 5.41 Å². The van der Waals surface area contributed by atoms with Crippen molar-refractivity contribution in [2.45, 2.75) is 12.8 Å². The van der Waals surface area contributed by atoms with Crippen molar-refractivity contribution in [2.75, 3.05) is 39.1 Å². The maximum Gasteiger partial charge on any atom is 0.292 e. The van der Waals surface area contributed by atoms with Crippen molar-refractivity contribution in [1.29, 1.82) is 0 Å². The summed E-state index contributed by atoms with van der Waals surface area (Å²) in [6.45, 7) is 2.80. The largest absolute Gasteiger partial charge is 0.393 e. The van der Waals surface area contributed by atoms with Gasteiger partial charge < -0.3 is 21.1 Å². The lowest BCUT2D eigenvalue weighted by molar-refractivity contribution is -0.383. The highest BCUT2D eigenvalue weighted by atomic mass is 35.5. The average molecular weight is 359 g/mol. The van der Waals surface area contributed by atoms with Crippen LogP contribution in [0.2, 0.25) is 0 Å². The van der Waals surface area contributed by atoms with Gasteiger partial charge in [-0.1, -0.05) is 0 Å². The van der Waals surface area contributed by atoms with Gasteiger partial charge in [-0.3, -0.25) is 14.9 Å². The molecule has 1 aliphatic heterocycles. The van der Waals surface area contributed by atoms with Gasteiger partial charge in [-0.05, 0) is 38.1 Å². The number of rotatable bonds is 6. The van der Waals surface area contributed by atoms with E-state index in [1.807, 2.05) is 0 Å². The Kier molecular flexibility index (Phi) is 7.40. The standard InChI is InChI=1S/C15H22N4O4.ClH/c1-23-10-15(4-6-17-7-5-15)9-18-14(20)11-2-3-12(16)13(8-11)19(21)22;/h2-3,8,17H,4-7,9-10,16H2,1H3,(H,18,20);1H. The fourth-order valence-corrected chi connectivity index (χ4v) is 2.85. The number of nitrogens with two attached hydrogens (primary N) is 1. The van der Waals surface area contributed by atoms with Crippen molar-refractivity contribution in [1.82, 2.24) is 10.6 Å². The van der Waals surface area contributed by atoms with Crippen molar-refractivity contribution in [3.63, 3.8) is 0 Å². The number of carbonyl (C=O) groups is 1. The number of benzene rings is 1. The Morgan fingerprint density at radius 2 is 2.12 bits per heavy atom. The molecule has 24 heavy (non-hydrogen) atoms. The van der Waals surface area contributed by atoms with Crippen molar-refractivity contribution in [3.8, 4) is 0 Å². The fourth-order valence-electron chi connectivity index (χ4n) is 2.85. The van der Waals surface area contributed by atoms with Gasteiger partial charge in [0.15, 0.2) is 0 Å². The number of methoxy groups -OCH3 is 1. The molecule has 1 aromatic rings. The molecular formula is C15H23ClN4O4. The molecule has 4 N–H and O–H groups in total. The third-order valence-corrected chi connectivity index (χ3v) is 4.23. The smallest absolute Gasteiger partial charge is 0.292 e. The Bertz CT molecular complexity index is 585. The number of nitrogen functional groups attached to an aromatic ring is 1. The van der Waals surface area contributed by atoms with E-state index in [0.717, 1.165) is 25.9 Å². The molecule has 8 nitrogen and oxygen atoms in total. The number of hydrogen-bond donors (Lipinski definition) is 3. The zero-order valence-electron chi connectivity index (χ0n) is 13.5. The molecule has 1 heterocycles. The van der Waals surface area contributed by atoms with Crippen molar-refractivity contribution < 1.29 is 14.5 Å². The number of nitrogens with one attached hydrogen (secondary N) is 2. The molecule has 0 spiro atoms. The second kappa shape index (κ2) is 8.81. The Morgan fingerprint density at radius 1 is 1.46 bits per heavy atom. The lowest BCUT2D eigenvalue weighted by atomic mass is 9.79. The summed E-state index contributed by atoms with van der Waals surface area (Å²) in [6.07, 6.45) is 1.81. The zero-order chi connectivity index (χ0) is 16.9. The first-order chi connectivity index (χ1) is 11.0. The minimum Gasteiger partial charge on any atom is -0.393 e. The highest BCUT2D eigenvalue weighted by molar-refractivity contribution is 5.95. The predicted molar refractivity (Wildman–Crippen MR) is 93.5 cm³/mol. The number of nitro groups is 1. The molecule has 0 atom stereocenters. The SMILES string of the molecule is COCC1(CNC(=O)c2ccc(N)c([N+](=O)[O-])c2)CCNCC1.Cl. The first-order valence-corrected chi connectivity index (χ1v) is 7.49. The number of nitrogens with zero attached hydrogens (tertiary/aromatic N) is 1. The summed E-state index contributed by atoms with van der Waals surface area (Å²) in [7, 11) is 1.65. The van der Waals surface area contributed by atoms with Crippen LogP contribution in [0.1, 0.15) is 23.2 Å². The summed E-state index contributed by atoms with van der Waals surface area (Å²) in [6, 6.07) is 4.07. The molecule has 1 amide bonds. The Hall–Kier alpha value is -1.90. The number of ether oxygens (including phenoxy) is 1. The minimum absolute atomic E-state index is 0. The molecule has 1 fully saturated rings. The van der Waals surface area contributed by atoms with Crippen LogP contribution >= 0.6 is 12.4 Å². The predicted octanol–water partition coefficient (Wildman–Crippen LogP) is 1.34. The van der Waals surface area contributed by atoms with Crippen LogP contribution in [0.5, 0.6) is 0 Å². The molecule has 0 aromatic heterocycles. The molecule has 1 aliphatic rings. The summed E-state index contributed by atoms with van der Waals surface area (Å²) in [5.41, 5.74) is 5.46. The first-order valence-electron chi connectivity index (χ1n) is 7.49. The topological polar surface area (TPSA) is 120 Å². The highest BCUT2D eigenvalue weighted by Crippen LogP contribution is 2.28. The third kappa shape index (κ3) is 4.80. The van der Waals surface area contributed by atoms with Gasteiger partial charge in [-0.2, -0.15) is 0 Å². The first kappa shape index (κ1) is 20.1. The van der Waals surface area contributed by atoms with Gasteiger partial charge in [0.25, 0.3) is 11.6 Å². The second-order valence-electron chi connectivity index (χ2n) is 5.90. The normalized spacial score (nSPS) is 16.0. The molecule has 134 valence electrons. The van der Waals surface area contributed by atoms with Crippen LogP contribution in [-0.2, 0) is 4.74 Å². The Balaban J connectivity index is 0.00000288. The Labute approximate surface area is 146 Å². The number of nitro benzene ring substituents is 1. The third-order valence-electron chi connectivity index (χ3n) is 4.23. The van der Waals surface area contributed by atoms with E-state index in [1.54, 1.807) is 7.11 Å². The molecule has 0 bridgehead atoms. The number of anilines is 1. The van der Waals surface area contributed by atoms with Crippen LogP contribution < -0.4 is 16.4 Å². The number of piperidine rings is 1. The van der Waals surface area contributed by atoms with E-state index in [2.05, 4.69) is 10.6 Å². The Morgan fingerprint density at radius 3 is 2.71 bits per heavy atom. The quantitative estimate of drug-likeness (QED) is 0.401. The van der Waals surface area contributed by atoms with Crippen LogP contribution in [0.25, 0.3) is 0 Å². The van der Waals surface area contributed by atoms with Crippen LogP contribution in [0.15, 0.2) is 18.2 Å². The lowest BCUT2D eigenvalue weighted by Gasteiger charge is -2.37. The molecular weight excluding hydrogens is 336 g/mol. The molecule has 0 radical (unpaired) electrons. The maximum atomic E-state index is 12.3. The van der Waals surface area contributed by atoms with Gasteiger partial charge in [0.2, 0.25) is 0 Å². The molecule has 0 unspecified atom stereocenters. The van der Waals surface area contributed by atoms with Crippen LogP contribution in [0.4, 0.5) is 11.4 Å². The van der Waals surface area contributed by atoms with Crippen LogP contribution in [0, 0.1) is 15.5 Å². The molecule has 1 aromatic carbocycles. The van der Waals surface area contributed by atoms with Gasteiger partial charge in [-0.15, -0.1) is 12.4 Å². The van der Waals surface area contributed by atoms with Gasteiger partial charge in [0, 0.05) is 30.7 Å². The number of hydrogen-bond acceptors (Lipinski definition) is 6. The van der Waals surface area contributed by atoms with Crippen LogP contribution in [0.3, 0.4) is 0 Å². The van der Waals surface area contributed by atoms with E-state index in [1.165, 1.54) is 18.2 Å². The van der Waals surface area contributed by atoms with E-state index >= 15 is 0 Å². The van der Waals surface area contributed by atoms with E-state index in [4.69, 9.17) is 10.5 Å². The van der Waals surface area contributed by atoms with E-state index in [-0.39, 0.29) is 40.7 Å². The summed E-state index contributed by atoms with van der Waals surface area (Å²) in [4.78, 5) is 22.6. The molecule has 2 rings (SSSR count). The van der Waals surface area contributed by atoms with Gasteiger partial charge in [-0.25, -0.2) is 0 Å². The maximum absolute atomic E-state index is 12.3. The van der Waals surface area contributed by atoms with Gasteiger partial charge in [0.1, 0.15) is 5.69 Å². The van der Waals surface area contributed by atoms with E-state index in [0.29, 0.717) is 13.2 Å². The monoisotopic (exact) mass is 358 g/mol. The summed E-state index contributed by atoms with van der Waals surface area (Å²) in [5.74, 6) is -0.345. The van der Waals surface area contributed by atoms with Crippen molar-refractivity contribution >= 4 is 29.7 Å². The van der Waals surface area contributed by atoms with Gasteiger partial charge in [0.05, 0.1) is 11.5 Å². The van der Waals surface area contributed by atoms with E-state index in [9.17, 15) is 14.9 Å². The molecule has 9 heteroatoms. The average Bonchev–Trinajstić information content (AvgIpc) is 2.54. The van der Waals surface area contributed by atoms with Crippen LogP contribution in [-0.4, -0.2) is 44.2 Å². The van der Waals surface area contributed by atoms with Crippen molar-refractivity contribution in [3.05, 3.63) is 33.9 Å². The lowest BCUT2D eigenvalue weighted by Crippen LogP contribution is -2.47. The number of halogens is 1. The fraction of sp³-hybridized carbons (Fsp3) is 0.533. The zero-order valence-corrected chi connectivity index (χ0v) is 14.4. The summed E-state index contributed by atoms with van der Waals surface area (Å²) < 4.78 is 5.30. The number of carbonyl (C=O) groups excluding carboxylic acids is 1. The molecule has 0 saturated carbocycles. The molecule has 1 saturated heterocycles. The van der Waals surface area contributed by atoms with Gasteiger partial charge >= 0.3 is 0 Å². The summed E-state index contributed by atoms with van der Waals surface area (Å²) >= 11 is 0. The highest BCUT2D eigenvalue weighted by Gasteiger charge is 2.32. The minimum atomic E-state index is -0.592. The second-order valence-corrected chi connectivity index (χ2v) is 5.90. The van der Waals surface area contributed by atoms with E-state index < -0.39 is 4.92 Å². The molecule has 0 aliphatic carbocycles.